The minimum absolute atomic E-state index is 0.148. The van der Waals surface area contributed by atoms with Gasteiger partial charge in [0.25, 0.3) is 0 Å². The molecular formula is C57H86O6. The highest BCUT2D eigenvalue weighted by molar-refractivity contribution is 5.71. The number of hydrogen-bond donors (Lipinski definition) is 0. The van der Waals surface area contributed by atoms with Crippen molar-refractivity contribution >= 4 is 17.9 Å². The van der Waals surface area contributed by atoms with Gasteiger partial charge in [0.05, 0.1) is 0 Å². The van der Waals surface area contributed by atoms with Gasteiger partial charge < -0.3 is 14.2 Å². The molecule has 6 heteroatoms. The molecule has 0 rings (SSSR count). The third kappa shape index (κ3) is 48.2. The average molecular weight is 867 g/mol. The summed E-state index contributed by atoms with van der Waals surface area (Å²) in [5, 5.41) is 0. The highest BCUT2D eigenvalue weighted by Crippen LogP contribution is 2.10. The van der Waals surface area contributed by atoms with Gasteiger partial charge in [-0.2, -0.15) is 0 Å². The standard InChI is InChI=1S/C57H86O6/c1-4-7-10-13-16-19-22-25-26-27-28-29-30-33-35-38-41-44-47-50-56(59)62-53-54(63-57(60)51-48-45-42-39-36-32-24-21-18-15-12-9-6-3)52-61-55(58)49-46-43-40-37-34-31-23-20-17-14-11-8-5-2/h7,9-10,12,15-16,18-19,21,24-26,28-29,31-36,39-40,42-43,54H,4-6,8,11,13-14,17,20,22-23,27,30,37-38,41,44-53H2,1-3H3/b10-7+,12-9+,18-15+,19-16+,24-21+,26-25+,29-28+,34-31+,35-33+,36-32+,42-39+,43-40+. The molecule has 0 aromatic heterocycles. The van der Waals surface area contributed by atoms with E-state index in [4.69, 9.17) is 14.2 Å². The molecule has 0 aromatic rings. The quantitative estimate of drug-likeness (QED) is 0.0200. The summed E-state index contributed by atoms with van der Waals surface area (Å²) >= 11 is 0. The van der Waals surface area contributed by atoms with Crippen molar-refractivity contribution in [3.63, 3.8) is 0 Å². The van der Waals surface area contributed by atoms with Gasteiger partial charge in [-0.15, -0.1) is 0 Å². The van der Waals surface area contributed by atoms with Crippen LogP contribution < -0.4 is 0 Å². The Bertz CT molecular complexity index is 1460. The Morgan fingerprint density at radius 2 is 0.746 bits per heavy atom. The lowest BCUT2D eigenvalue weighted by atomic mass is 10.1. The molecule has 1 unspecified atom stereocenters. The molecule has 0 spiro atoms. The number of carbonyl (C=O) groups excluding carboxylic acids is 3. The summed E-state index contributed by atoms with van der Waals surface area (Å²) in [5.74, 6) is -1.14. The Hall–Kier alpha value is -4.71. The molecule has 0 aliphatic rings. The van der Waals surface area contributed by atoms with E-state index in [1.54, 1.807) is 0 Å². The van der Waals surface area contributed by atoms with Crippen LogP contribution in [0.5, 0.6) is 0 Å². The van der Waals surface area contributed by atoms with Crippen LogP contribution in [-0.2, 0) is 28.6 Å². The molecule has 0 heterocycles. The Morgan fingerprint density at radius 1 is 0.349 bits per heavy atom. The second-order valence-electron chi connectivity index (χ2n) is 15.4. The average Bonchev–Trinajstić information content (AvgIpc) is 3.28. The second kappa shape index (κ2) is 49.9. The van der Waals surface area contributed by atoms with Gasteiger partial charge in [0, 0.05) is 19.3 Å². The molecule has 1 atom stereocenters. The highest BCUT2D eigenvalue weighted by atomic mass is 16.6. The minimum Gasteiger partial charge on any atom is -0.462 e. The van der Waals surface area contributed by atoms with Crippen LogP contribution in [0, 0.1) is 0 Å². The van der Waals surface area contributed by atoms with Crippen molar-refractivity contribution in [1.29, 1.82) is 0 Å². The van der Waals surface area contributed by atoms with Gasteiger partial charge in [-0.05, 0) is 96.3 Å². The number of carbonyl (C=O) groups is 3. The van der Waals surface area contributed by atoms with E-state index in [0.717, 1.165) is 77.0 Å². The lowest BCUT2D eigenvalue weighted by molar-refractivity contribution is -0.166. The predicted octanol–water partition coefficient (Wildman–Crippen LogP) is 16.1. The van der Waals surface area contributed by atoms with Crippen LogP contribution in [0.15, 0.2) is 146 Å². The zero-order valence-electron chi connectivity index (χ0n) is 39.8. The van der Waals surface area contributed by atoms with Gasteiger partial charge in [-0.3, -0.25) is 14.4 Å². The SMILES string of the molecule is CC/C=C/C=C/C=C/C=C/C=C/CCCC(=O)OC(COC(=O)CC/C=C/C/C=C/CCCCCCCC)COC(=O)CCCCC/C=C/C/C=C/C/C=C/C/C=C/C/C=C/CC. The lowest BCUT2D eigenvalue weighted by Gasteiger charge is -2.18. The van der Waals surface area contributed by atoms with E-state index in [1.807, 2.05) is 60.8 Å². The van der Waals surface area contributed by atoms with E-state index in [9.17, 15) is 14.4 Å². The summed E-state index contributed by atoms with van der Waals surface area (Å²) in [6.07, 6.45) is 71.4. The zero-order valence-corrected chi connectivity index (χ0v) is 39.8. The normalized spacial score (nSPS) is 13.4. The number of ether oxygens (including phenoxy) is 3. The van der Waals surface area contributed by atoms with Crippen molar-refractivity contribution in [2.24, 2.45) is 0 Å². The van der Waals surface area contributed by atoms with Crippen molar-refractivity contribution < 1.29 is 28.6 Å². The lowest BCUT2D eigenvalue weighted by Crippen LogP contribution is -2.30. The first-order valence-electron chi connectivity index (χ1n) is 24.4. The van der Waals surface area contributed by atoms with Crippen molar-refractivity contribution in [1.82, 2.24) is 0 Å². The molecule has 0 aliphatic heterocycles. The van der Waals surface area contributed by atoms with Crippen LogP contribution in [0.4, 0.5) is 0 Å². The first-order chi connectivity index (χ1) is 31.0. The van der Waals surface area contributed by atoms with Crippen LogP contribution in [0.2, 0.25) is 0 Å². The topological polar surface area (TPSA) is 78.9 Å². The second-order valence-corrected chi connectivity index (χ2v) is 15.4. The van der Waals surface area contributed by atoms with Gasteiger partial charge in [-0.25, -0.2) is 0 Å². The molecule has 63 heavy (non-hydrogen) atoms. The maximum atomic E-state index is 12.7. The van der Waals surface area contributed by atoms with Gasteiger partial charge in [0.15, 0.2) is 6.10 Å². The van der Waals surface area contributed by atoms with Gasteiger partial charge in [0.1, 0.15) is 13.2 Å². The zero-order chi connectivity index (χ0) is 45.8. The van der Waals surface area contributed by atoms with E-state index >= 15 is 0 Å². The van der Waals surface area contributed by atoms with Crippen molar-refractivity contribution in [2.45, 2.75) is 181 Å². The number of hydrogen-bond acceptors (Lipinski definition) is 6. The summed E-state index contributed by atoms with van der Waals surface area (Å²) in [4.78, 5) is 37.8. The van der Waals surface area contributed by atoms with Crippen LogP contribution >= 0.6 is 0 Å². The van der Waals surface area contributed by atoms with Gasteiger partial charge >= 0.3 is 17.9 Å². The maximum absolute atomic E-state index is 12.7. The van der Waals surface area contributed by atoms with E-state index in [1.165, 1.54) is 38.5 Å². The molecule has 6 nitrogen and oxygen atoms in total. The number of unbranched alkanes of at least 4 members (excludes halogenated alkanes) is 10. The fourth-order valence-electron chi connectivity index (χ4n) is 5.84. The predicted molar refractivity (Wildman–Crippen MR) is 269 cm³/mol. The highest BCUT2D eigenvalue weighted by Gasteiger charge is 2.19. The Kier molecular flexibility index (Phi) is 46.2. The smallest absolute Gasteiger partial charge is 0.306 e. The van der Waals surface area contributed by atoms with Crippen molar-refractivity contribution in [3.8, 4) is 0 Å². The summed E-state index contributed by atoms with van der Waals surface area (Å²) < 4.78 is 16.6. The largest absolute Gasteiger partial charge is 0.462 e. The first kappa shape index (κ1) is 58.3. The molecule has 0 N–H and O–H groups in total. The molecule has 0 aromatic carbocycles. The van der Waals surface area contributed by atoms with E-state index in [2.05, 4.69) is 106 Å². The van der Waals surface area contributed by atoms with E-state index in [-0.39, 0.29) is 44.4 Å². The summed E-state index contributed by atoms with van der Waals surface area (Å²) in [7, 11) is 0. The Balaban J connectivity index is 4.62. The number of esters is 3. The maximum Gasteiger partial charge on any atom is 0.306 e. The van der Waals surface area contributed by atoms with Crippen LogP contribution in [0.3, 0.4) is 0 Å². The Morgan fingerprint density at radius 3 is 1.29 bits per heavy atom. The molecule has 0 bridgehead atoms. The van der Waals surface area contributed by atoms with Crippen molar-refractivity contribution in [2.75, 3.05) is 13.2 Å². The third-order valence-corrected chi connectivity index (χ3v) is 9.45. The Labute approximate surface area is 385 Å². The van der Waals surface area contributed by atoms with E-state index < -0.39 is 12.1 Å². The molecule has 0 fully saturated rings. The fourth-order valence-corrected chi connectivity index (χ4v) is 5.84. The monoisotopic (exact) mass is 867 g/mol. The van der Waals surface area contributed by atoms with Gasteiger partial charge in [0.2, 0.25) is 0 Å². The van der Waals surface area contributed by atoms with E-state index in [0.29, 0.717) is 19.3 Å². The third-order valence-electron chi connectivity index (χ3n) is 9.45. The molecule has 350 valence electrons. The van der Waals surface area contributed by atoms with Crippen LogP contribution in [0.1, 0.15) is 175 Å². The van der Waals surface area contributed by atoms with Gasteiger partial charge in [-0.1, -0.05) is 205 Å². The molecule has 0 saturated carbocycles. The molecule has 0 amide bonds. The number of allylic oxidation sites excluding steroid dienone is 24. The molecule has 0 saturated heterocycles. The minimum atomic E-state index is -0.857. The van der Waals surface area contributed by atoms with Crippen LogP contribution in [-0.4, -0.2) is 37.2 Å². The summed E-state index contributed by atoms with van der Waals surface area (Å²) in [6.45, 7) is 6.19. The molecule has 0 radical (unpaired) electrons. The molecule has 0 aliphatic carbocycles. The fraction of sp³-hybridized carbons (Fsp3) is 0.526. The molecular weight excluding hydrogens is 781 g/mol. The van der Waals surface area contributed by atoms with Crippen molar-refractivity contribution in [3.05, 3.63) is 146 Å². The summed E-state index contributed by atoms with van der Waals surface area (Å²) in [6, 6.07) is 0. The summed E-state index contributed by atoms with van der Waals surface area (Å²) in [5.41, 5.74) is 0. The van der Waals surface area contributed by atoms with Crippen LogP contribution in [0.25, 0.3) is 0 Å². The number of rotatable bonds is 41. The first-order valence-corrected chi connectivity index (χ1v) is 24.4.